The summed E-state index contributed by atoms with van der Waals surface area (Å²) in [5.74, 6) is 0.820. The van der Waals surface area contributed by atoms with E-state index in [-0.39, 0.29) is 11.8 Å². The number of carbonyl (C=O) groups excluding carboxylic acids is 2. The van der Waals surface area contributed by atoms with Gasteiger partial charge in [0.1, 0.15) is 5.78 Å². The van der Waals surface area contributed by atoms with Crippen molar-refractivity contribution in [3.05, 3.63) is 0 Å². The predicted octanol–water partition coefficient (Wildman–Crippen LogP) is 0.568. The number of nitrogens with one attached hydrogen (secondary N) is 1. The molecule has 2 rings (SSSR count). The molecule has 0 aromatic rings. The van der Waals surface area contributed by atoms with Crippen LogP contribution in [-0.4, -0.2) is 42.8 Å². The summed E-state index contributed by atoms with van der Waals surface area (Å²) >= 11 is 0. The van der Waals surface area contributed by atoms with Gasteiger partial charge in [-0.2, -0.15) is 0 Å². The van der Waals surface area contributed by atoms with Gasteiger partial charge in [0, 0.05) is 25.4 Å². The molecule has 1 N–H and O–H groups in total. The SMILES string of the molecule is O=C1CN(CCC2CCCC2=O)CCCN1. The lowest BCUT2D eigenvalue weighted by molar-refractivity contribution is -0.121. The summed E-state index contributed by atoms with van der Waals surface area (Å²) in [5, 5.41) is 2.86. The monoisotopic (exact) mass is 224 g/mol. The van der Waals surface area contributed by atoms with Crippen molar-refractivity contribution in [3.8, 4) is 0 Å². The van der Waals surface area contributed by atoms with E-state index in [0.717, 1.165) is 51.7 Å². The van der Waals surface area contributed by atoms with Gasteiger partial charge in [-0.3, -0.25) is 14.5 Å². The van der Waals surface area contributed by atoms with Crippen molar-refractivity contribution in [2.75, 3.05) is 26.2 Å². The first kappa shape index (κ1) is 11.6. The predicted molar refractivity (Wildman–Crippen MR) is 61.0 cm³/mol. The molecule has 2 aliphatic rings. The molecular weight excluding hydrogens is 204 g/mol. The number of ketones is 1. The van der Waals surface area contributed by atoms with Crippen molar-refractivity contribution < 1.29 is 9.59 Å². The van der Waals surface area contributed by atoms with Crippen molar-refractivity contribution in [3.63, 3.8) is 0 Å². The maximum atomic E-state index is 11.5. The van der Waals surface area contributed by atoms with Crippen LogP contribution in [0.1, 0.15) is 32.1 Å². The molecule has 1 saturated carbocycles. The van der Waals surface area contributed by atoms with Gasteiger partial charge in [-0.1, -0.05) is 0 Å². The lowest BCUT2D eigenvalue weighted by atomic mass is 10.0. The average molecular weight is 224 g/mol. The van der Waals surface area contributed by atoms with E-state index in [0.29, 0.717) is 12.3 Å². The number of rotatable bonds is 3. The molecule has 1 atom stereocenters. The maximum Gasteiger partial charge on any atom is 0.234 e. The van der Waals surface area contributed by atoms with Gasteiger partial charge < -0.3 is 5.32 Å². The van der Waals surface area contributed by atoms with Crippen molar-refractivity contribution in [1.29, 1.82) is 0 Å². The second-order valence-corrected chi connectivity index (χ2v) is 4.82. The smallest absolute Gasteiger partial charge is 0.234 e. The summed E-state index contributed by atoms with van der Waals surface area (Å²) in [7, 11) is 0. The third-order valence-corrected chi connectivity index (χ3v) is 3.57. The fraction of sp³-hybridized carbons (Fsp3) is 0.833. The average Bonchev–Trinajstić information content (AvgIpc) is 2.54. The summed E-state index contributed by atoms with van der Waals surface area (Å²) < 4.78 is 0. The number of carbonyl (C=O) groups is 2. The summed E-state index contributed by atoms with van der Waals surface area (Å²) in [6.45, 7) is 3.15. The Bertz CT molecular complexity index is 278. The molecule has 1 unspecified atom stereocenters. The van der Waals surface area contributed by atoms with Crippen LogP contribution in [0.15, 0.2) is 0 Å². The standard InChI is InChI=1S/C12H20N2O2/c15-11-4-1-3-10(11)5-8-14-7-2-6-13-12(16)9-14/h10H,1-9H2,(H,13,16). The topological polar surface area (TPSA) is 49.4 Å². The highest BCUT2D eigenvalue weighted by Gasteiger charge is 2.25. The minimum atomic E-state index is 0.121. The van der Waals surface area contributed by atoms with Crippen molar-refractivity contribution in [1.82, 2.24) is 10.2 Å². The Kier molecular flexibility index (Phi) is 3.93. The van der Waals surface area contributed by atoms with Crippen LogP contribution in [0.2, 0.25) is 0 Å². The van der Waals surface area contributed by atoms with E-state index in [1.54, 1.807) is 0 Å². The van der Waals surface area contributed by atoms with Crippen LogP contribution in [0.4, 0.5) is 0 Å². The summed E-state index contributed by atoms with van der Waals surface area (Å²) in [6, 6.07) is 0. The molecule has 0 bridgehead atoms. The van der Waals surface area contributed by atoms with E-state index in [1.165, 1.54) is 0 Å². The molecule has 2 fully saturated rings. The van der Waals surface area contributed by atoms with Crippen LogP contribution in [0.25, 0.3) is 0 Å². The van der Waals surface area contributed by atoms with E-state index in [9.17, 15) is 9.59 Å². The van der Waals surface area contributed by atoms with Crippen molar-refractivity contribution in [2.24, 2.45) is 5.92 Å². The molecule has 1 aliphatic carbocycles. The molecule has 0 spiro atoms. The summed E-state index contributed by atoms with van der Waals surface area (Å²) in [5.41, 5.74) is 0. The van der Waals surface area contributed by atoms with Crippen LogP contribution in [0.5, 0.6) is 0 Å². The van der Waals surface area contributed by atoms with Gasteiger partial charge in [-0.25, -0.2) is 0 Å². The Morgan fingerprint density at radius 1 is 1.31 bits per heavy atom. The van der Waals surface area contributed by atoms with Crippen LogP contribution >= 0.6 is 0 Å². The maximum absolute atomic E-state index is 11.5. The molecule has 0 aromatic heterocycles. The zero-order valence-corrected chi connectivity index (χ0v) is 9.71. The molecule has 1 aliphatic heterocycles. The Balaban J connectivity index is 1.75. The second-order valence-electron chi connectivity index (χ2n) is 4.82. The summed E-state index contributed by atoms with van der Waals surface area (Å²) in [4.78, 5) is 25.0. The lowest BCUT2D eigenvalue weighted by Crippen LogP contribution is -2.34. The van der Waals surface area contributed by atoms with E-state index >= 15 is 0 Å². The first-order valence-electron chi connectivity index (χ1n) is 6.27. The van der Waals surface area contributed by atoms with E-state index in [2.05, 4.69) is 10.2 Å². The molecule has 0 aromatic carbocycles. The van der Waals surface area contributed by atoms with Crippen LogP contribution < -0.4 is 5.32 Å². The quantitative estimate of drug-likeness (QED) is 0.762. The molecule has 0 radical (unpaired) electrons. The molecule has 90 valence electrons. The Labute approximate surface area is 96.4 Å². The van der Waals surface area contributed by atoms with Gasteiger partial charge in [0.2, 0.25) is 5.91 Å². The van der Waals surface area contributed by atoms with Gasteiger partial charge in [0.25, 0.3) is 0 Å². The van der Waals surface area contributed by atoms with Crippen molar-refractivity contribution in [2.45, 2.75) is 32.1 Å². The molecule has 16 heavy (non-hydrogen) atoms. The number of hydrogen-bond donors (Lipinski definition) is 1. The normalized spacial score (nSPS) is 27.9. The van der Waals surface area contributed by atoms with E-state index in [4.69, 9.17) is 0 Å². The van der Waals surface area contributed by atoms with Gasteiger partial charge in [0.15, 0.2) is 0 Å². The summed E-state index contributed by atoms with van der Waals surface area (Å²) in [6.07, 6.45) is 4.84. The first-order valence-corrected chi connectivity index (χ1v) is 6.27. The zero-order chi connectivity index (χ0) is 11.4. The Morgan fingerprint density at radius 3 is 2.94 bits per heavy atom. The van der Waals surface area contributed by atoms with Gasteiger partial charge >= 0.3 is 0 Å². The van der Waals surface area contributed by atoms with Gasteiger partial charge in [-0.05, 0) is 32.2 Å². The van der Waals surface area contributed by atoms with Crippen LogP contribution in [0.3, 0.4) is 0 Å². The number of nitrogens with zero attached hydrogens (tertiary/aromatic N) is 1. The molecular formula is C12H20N2O2. The number of Topliss-reactive ketones (excluding diaryl/α,β-unsaturated/α-hetero) is 1. The number of amides is 1. The largest absolute Gasteiger partial charge is 0.355 e. The minimum absolute atomic E-state index is 0.121. The molecule has 4 nitrogen and oxygen atoms in total. The lowest BCUT2D eigenvalue weighted by Gasteiger charge is -2.19. The molecule has 1 amide bonds. The Morgan fingerprint density at radius 2 is 2.19 bits per heavy atom. The van der Waals surface area contributed by atoms with Gasteiger partial charge in [-0.15, -0.1) is 0 Å². The van der Waals surface area contributed by atoms with Crippen molar-refractivity contribution >= 4 is 11.7 Å². The molecule has 1 saturated heterocycles. The highest BCUT2D eigenvalue weighted by atomic mass is 16.2. The molecule has 4 heteroatoms. The minimum Gasteiger partial charge on any atom is -0.355 e. The fourth-order valence-electron chi connectivity index (χ4n) is 2.59. The fourth-order valence-corrected chi connectivity index (χ4v) is 2.59. The zero-order valence-electron chi connectivity index (χ0n) is 9.71. The van der Waals surface area contributed by atoms with Crippen LogP contribution in [0, 0.1) is 5.92 Å². The second kappa shape index (κ2) is 5.43. The third-order valence-electron chi connectivity index (χ3n) is 3.57. The first-order chi connectivity index (χ1) is 7.75. The van der Waals surface area contributed by atoms with E-state index < -0.39 is 0 Å². The molecule has 1 heterocycles. The van der Waals surface area contributed by atoms with E-state index in [1.807, 2.05) is 0 Å². The number of hydrogen-bond acceptors (Lipinski definition) is 3. The third kappa shape index (κ3) is 3.04. The Hall–Kier alpha value is -0.900. The highest BCUT2D eigenvalue weighted by molar-refractivity contribution is 5.82. The highest BCUT2D eigenvalue weighted by Crippen LogP contribution is 2.24. The van der Waals surface area contributed by atoms with Gasteiger partial charge in [0.05, 0.1) is 6.54 Å². The van der Waals surface area contributed by atoms with Crippen LogP contribution in [-0.2, 0) is 9.59 Å².